The average molecular weight is 425 g/mol. The Kier molecular flexibility index (Phi) is 5.99. The highest BCUT2D eigenvalue weighted by Gasteiger charge is 2.24. The van der Waals surface area contributed by atoms with Crippen molar-refractivity contribution < 1.29 is 4.42 Å². The summed E-state index contributed by atoms with van der Waals surface area (Å²) >= 11 is 6.21. The van der Waals surface area contributed by atoms with E-state index in [0.717, 1.165) is 54.4 Å². The van der Waals surface area contributed by atoms with Gasteiger partial charge in [-0.1, -0.05) is 30.3 Å². The number of hydrogen-bond donors (Lipinski definition) is 0. The number of rotatable bonds is 6. The Bertz CT molecular complexity index is 1060. The second-order valence-electron chi connectivity index (χ2n) is 7.61. The molecule has 0 unspecified atom stereocenters. The zero-order chi connectivity index (χ0) is 21.1. The number of likely N-dealkylation sites (tertiary alicyclic amines) is 1. The van der Waals surface area contributed by atoms with Crippen LogP contribution in [0.15, 0.2) is 47.2 Å². The van der Waals surface area contributed by atoms with Gasteiger partial charge in [0.05, 0.1) is 12.7 Å². The summed E-state index contributed by atoms with van der Waals surface area (Å²) in [5.74, 6) is 2.75. The van der Waals surface area contributed by atoms with Gasteiger partial charge in [0.2, 0.25) is 0 Å². The topological polar surface area (TPSA) is 72.9 Å². The monoisotopic (exact) mass is 424 g/mol. The maximum absolute atomic E-state index is 6.21. The fourth-order valence-electron chi connectivity index (χ4n) is 3.68. The smallest absolute Gasteiger partial charge is 0.197 e. The molecule has 30 heavy (non-hydrogen) atoms. The summed E-state index contributed by atoms with van der Waals surface area (Å²) in [6, 6.07) is 5.83. The first-order valence-corrected chi connectivity index (χ1v) is 10.4. The Morgan fingerprint density at radius 3 is 2.77 bits per heavy atom. The van der Waals surface area contributed by atoms with Crippen molar-refractivity contribution in [3.8, 4) is 0 Å². The molecule has 0 spiro atoms. The molecule has 1 aromatic carbocycles. The molecule has 156 valence electrons. The third-order valence-electron chi connectivity index (χ3n) is 5.31. The number of tetrazole rings is 1. The lowest BCUT2D eigenvalue weighted by Gasteiger charge is -2.32. The molecule has 8 heteroatoms. The molecule has 1 fully saturated rings. The van der Waals surface area contributed by atoms with Crippen molar-refractivity contribution in [2.75, 3.05) is 13.1 Å². The van der Waals surface area contributed by atoms with Gasteiger partial charge in [-0.3, -0.25) is 0 Å². The molecular formula is C22H25ClN6O. The van der Waals surface area contributed by atoms with Gasteiger partial charge in [0, 0.05) is 29.7 Å². The van der Waals surface area contributed by atoms with E-state index in [9.17, 15) is 0 Å². The van der Waals surface area contributed by atoms with E-state index in [4.69, 9.17) is 16.0 Å². The summed E-state index contributed by atoms with van der Waals surface area (Å²) in [4.78, 5) is 8.27. The number of nitrogens with zero attached hydrogens (tertiary/aromatic N) is 6. The summed E-state index contributed by atoms with van der Waals surface area (Å²) in [5, 5.41) is 12.9. The Morgan fingerprint density at radius 1 is 1.30 bits per heavy atom. The second-order valence-corrected chi connectivity index (χ2v) is 8.04. The quantitative estimate of drug-likeness (QED) is 0.546. The number of aromatic nitrogens is 5. The molecule has 3 heterocycles. The molecule has 0 bridgehead atoms. The first-order valence-electron chi connectivity index (χ1n) is 10.0. The highest BCUT2D eigenvalue weighted by atomic mass is 35.5. The number of aryl methyl sites for hydroxylation is 2. The van der Waals surface area contributed by atoms with E-state index < -0.39 is 0 Å². The standard InChI is InChI=1S/C22H25ClN6O/c1-15(28-10-8-19(9-11-28)22-24-13-16(2)30-22)4-5-18-6-7-21(23)12-20(18)14-29-26-17(3)25-27-29/h4-7,12-13,19H,1,8-11,14H2,2-3H3/b5-4+. The highest BCUT2D eigenvalue weighted by molar-refractivity contribution is 6.30. The summed E-state index contributed by atoms with van der Waals surface area (Å²) in [6.07, 6.45) is 7.94. The third kappa shape index (κ3) is 4.79. The van der Waals surface area contributed by atoms with Crippen LogP contribution in [0.4, 0.5) is 0 Å². The first-order chi connectivity index (χ1) is 14.5. The van der Waals surface area contributed by atoms with E-state index >= 15 is 0 Å². The molecule has 1 aliphatic heterocycles. The van der Waals surface area contributed by atoms with E-state index in [1.165, 1.54) is 0 Å². The molecule has 3 aromatic rings. The van der Waals surface area contributed by atoms with Crippen LogP contribution in [0.3, 0.4) is 0 Å². The summed E-state index contributed by atoms with van der Waals surface area (Å²) in [7, 11) is 0. The Morgan fingerprint density at radius 2 is 2.10 bits per heavy atom. The predicted molar refractivity (Wildman–Crippen MR) is 116 cm³/mol. The van der Waals surface area contributed by atoms with Gasteiger partial charge in [-0.05, 0) is 61.2 Å². The van der Waals surface area contributed by atoms with Crippen LogP contribution >= 0.6 is 11.6 Å². The average Bonchev–Trinajstić information content (AvgIpc) is 3.35. The lowest BCUT2D eigenvalue weighted by Crippen LogP contribution is -2.31. The van der Waals surface area contributed by atoms with Crippen LogP contribution in [0.1, 0.15) is 47.4 Å². The van der Waals surface area contributed by atoms with Crippen LogP contribution in [0.25, 0.3) is 6.08 Å². The Hall–Kier alpha value is -2.93. The molecule has 1 saturated heterocycles. The molecule has 7 nitrogen and oxygen atoms in total. The zero-order valence-corrected chi connectivity index (χ0v) is 18.0. The number of piperidine rings is 1. The fraction of sp³-hybridized carbons (Fsp3) is 0.364. The zero-order valence-electron chi connectivity index (χ0n) is 17.3. The summed E-state index contributed by atoms with van der Waals surface area (Å²) < 4.78 is 5.70. The van der Waals surface area contributed by atoms with Crippen molar-refractivity contribution in [2.24, 2.45) is 0 Å². The van der Waals surface area contributed by atoms with Crippen molar-refractivity contribution in [3.05, 3.63) is 76.4 Å². The fourth-order valence-corrected chi connectivity index (χ4v) is 3.88. The SMILES string of the molecule is C=C(/C=C/c1ccc(Cl)cc1Cn1nnc(C)n1)N1CCC(c2ncc(C)o2)CC1. The van der Waals surface area contributed by atoms with Gasteiger partial charge < -0.3 is 9.32 Å². The molecular weight excluding hydrogens is 400 g/mol. The largest absolute Gasteiger partial charge is 0.446 e. The first kappa shape index (κ1) is 20.3. The van der Waals surface area contributed by atoms with E-state index in [2.05, 4.69) is 44.0 Å². The summed E-state index contributed by atoms with van der Waals surface area (Å²) in [5.41, 5.74) is 3.08. The predicted octanol–water partition coefficient (Wildman–Crippen LogP) is 4.39. The van der Waals surface area contributed by atoms with E-state index in [1.54, 1.807) is 11.0 Å². The van der Waals surface area contributed by atoms with Crippen molar-refractivity contribution in [1.82, 2.24) is 30.1 Å². The molecule has 2 aromatic heterocycles. The van der Waals surface area contributed by atoms with Crippen molar-refractivity contribution in [1.29, 1.82) is 0 Å². The van der Waals surface area contributed by atoms with E-state index in [-0.39, 0.29) is 0 Å². The van der Waals surface area contributed by atoms with Crippen molar-refractivity contribution >= 4 is 17.7 Å². The third-order valence-corrected chi connectivity index (χ3v) is 5.55. The van der Waals surface area contributed by atoms with Crippen LogP contribution < -0.4 is 0 Å². The van der Waals surface area contributed by atoms with Crippen molar-refractivity contribution in [2.45, 2.75) is 39.2 Å². The minimum atomic E-state index is 0.383. The Labute approximate surface area is 181 Å². The van der Waals surface area contributed by atoms with Crippen LogP contribution in [-0.4, -0.2) is 43.2 Å². The van der Waals surface area contributed by atoms with Crippen LogP contribution in [0.5, 0.6) is 0 Å². The van der Waals surface area contributed by atoms with Gasteiger partial charge in [0.15, 0.2) is 11.7 Å². The number of benzene rings is 1. The number of hydrogen-bond acceptors (Lipinski definition) is 6. The van der Waals surface area contributed by atoms with Gasteiger partial charge in [-0.15, -0.1) is 10.2 Å². The lowest BCUT2D eigenvalue weighted by atomic mass is 9.96. The molecule has 0 aliphatic carbocycles. The number of halogens is 1. The van der Waals surface area contributed by atoms with Crippen molar-refractivity contribution in [3.63, 3.8) is 0 Å². The van der Waals surface area contributed by atoms with Crippen LogP contribution in [0, 0.1) is 13.8 Å². The second kappa shape index (κ2) is 8.83. The van der Waals surface area contributed by atoms with E-state index in [1.807, 2.05) is 32.0 Å². The minimum absolute atomic E-state index is 0.383. The molecule has 0 amide bonds. The maximum atomic E-state index is 6.21. The van der Waals surface area contributed by atoms with Gasteiger partial charge in [0.25, 0.3) is 0 Å². The minimum Gasteiger partial charge on any atom is -0.446 e. The molecule has 0 atom stereocenters. The normalized spacial score (nSPS) is 15.2. The molecule has 0 N–H and O–H groups in total. The van der Waals surface area contributed by atoms with E-state index in [0.29, 0.717) is 23.3 Å². The number of allylic oxidation sites excluding steroid dienone is 1. The molecule has 0 saturated carbocycles. The molecule has 0 radical (unpaired) electrons. The van der Waals surface area contributed by atoms with Gasteiger partial charge in [-0.2, -0.15) is 4.80 Å². The van der Waals surface area contributed by atoms with Crippen LogP contribution in [-0.2, 0) is 6.54 Å². The van der Waals surface area contributed by atoms with Gasteiger partial charge >= 0.3 is 0 Å². The maximum Gasteiger partial charge on any atom is 0.197 e. The van der Waals surface area contributed by atoms with Gasteiger partial charge in [-0.25, -0.2) is 4.98 Å². The highest BCUT2D eigenvalue weighted by Crippen LogP contribution is 2.29. The summed E-state index contributed by atoms with van der Waals surface area (Å²) in [6.45, 7) is 10.4. The van der Waals surface area contributed by atoms with Gasteiger partial charge in [0.1, 0.15) is 5.76 Å². The molecule has 1 aliphatic rings. The Balaban J connectivity index is 1.40. The van der Waals surface area contributed by atoms with Crippen LogP contribution in [0.2, 0.25) is 5.02 Å². The number of oxazole rings is 1. The molecule has 4 rings (SSSR count). The lowest BCUT2D eigenvalue weighted by molar-refractivity contribution is 0.249.